The minimum absolute atomic E-state index is 0.0816. The molecule has 0 fully saturated rings. The van der Waals surface area contributed by atoms with E-state index in [2.05, 4.69) is 70.4 Å². The van der Waals surface area contributed by atoms with Gasteiger partial charge in [-0.15, -0.1) is 15.0 Å². The Labute approximate surface area is 198 Å². The minimum Gasteiger partial charge on any atom is -0.467 e. The second kappa shape index (κ2) is 10.1. The van der Waals surface area contributed by atoms with Crippen molar-refractivity contribution in [3.8, 4) is 18.0 Å². The predicted molar refractivity (Wildman–Crippen MR) is 117 cm³/mol. The van der Waals surface area contributed by atoms with E-state index in [1.54, 1.807) is 0 Å². The molecule has 0 spiro atoms. The molecule has 20 heteroatoms. The van der Waals surface area contributed by atoms with E-state index in [9.17, 15) is 14.4 Å². The lowest BCUT2D eigenvalue weighted by Gasteiger charge is -2.10. The van der Waals surface area contributed by atoms with E-state index in [1.165, 1.54) is 21.3 Å². The Hall–Kier alpha value is -5.56. The van der Waals surface area contributed by atoms with Crippen LogP contribution in [0.25, 0.3) is 0 Å². The number of hydrogen-bond acceptors (Lipinski definition) is 17. The van der Waals surface area contributed by atoms with Crippen molar-refractivity contribution in [2.24, 2.45) is 0 Å². The Bertz CT molecular complexity index is 1370. The van der Waals surface area contributed by atoms with Crippen LogP contribution in [0.5, 0.6) is 18.0 Å². The van der Waals surface area contributed by atoms with Gasteiger partial charge in [0, 0.05) is 0 Å². The number of H-pyrrole nitrogens is 3. The van der Waals surface area contributed by atoms with Crippen molar-refractivity contribution in [1.82, 2.24) is 59.8 Å². The van der Waals surface area contributed by atoms with Crippen LogP contribution < -0.4 is 41.9 Å². The second-order valence-electron chi connectivity index (χ2n) is 6.39. The molecule has 0 saturated carbocycles. The average Bonchev–Trinajstić information content (AvgIpc) is 2.82. The third-order valence-electron chi connectivity index (χ3n) is 3.95. The van der Waals surface area contributed by atoms with Gasteiger partial charge in [0.25, 0.3) is 0 Å². The van der Waals surface area contributed by atoms with Crippen LogP contribution in [0.1, 0.15) is 11.6 Å². The van der Waals surface area contributed by atoms with E-state index in [0.29, 0.717) is 0 Å². The largest absolute Gasteiger partial charge is 0.467 e. The average molecular weight is 500 g/mol. The zero-order chi connectivity index (χ0) is 25.7. The molecule has 186 valence electrons. The molecule has 0 aliphatic rings. The van der Waals surface area contributed by atoms with E-state index in [-0.39, 0.29) is 59.9 Å². The normalized spacial score (nSPS) is 10.5. The molecule has 4 aromatic heterocycles. The molecule has 0 radical (unpaired) electrons. The highest BCUT2D eigenvalue weighted by atomic mass is 16.5. The number of aromatic nitrogens is 12. The van der Waals surface area contributed by atoms with Gasteiger partial charge < -0.3 is 14.2 Å². The molecule has 0 amide bonds. The lowest BCUT2D eigenvalue weighted by atomic mass is 10.4. The highest BCUT2D eigenvalue weighted by Crippen LogP contribution is 2.15. The standard InChI is InChI=1S/C16H16N14O6/c1-34-14-20-6(19-11(31)28-14)4-5-17-7(22-9-24-12(32)29-15(26-9)35-2)21-8(18-5)23-10-25-13(33)30-16(27-10)36-3/h4H2,1-3H3,(H,19,20,28,31)(H4,17,18,21,22,23,24,25,26,27,29,30,32,33). The van der Waals surface area contributed by atoms with E-state index in [0.717, 1.165) is 0 Å². The molecule has 36 heavy (non-hydrogen) atoms. The van der Waals surface area contributed by atoms with Gasteiger partial charge in [-0.05, 0) is 0 Å². The zero-order valence-electron chi connectivity index (χ0n) is 18.7. The van der Waals surface area contributed by atoms with Crippen LogP contribution in [0, 0.1) is 0 Å². The van der Waals surface area contributed by atoms with E-state index < -0.39 is 17.1 Å². The van der Waals surface area contributed by atoms with Crippen LogP contribution in [-0.2, 0) is 6.42 Å². The summed E-state index contributed by atoms with van der Waals surface area (Å²) in [5.41, 5.74) is -2.18. The molecule has 20 nitrogen and oxygen atoms in total. The van der Waals surface area contributed by atoms with Crippen molar-refractivity contribution in [2.45, 2.75) is 6.42 Å². The number of ether oxygens (including phenoxy) is 3. The Morgan fingerprint density at radius 2 is 1.03 bits per heavy atom. The molecule has 5 N–H and O–H groups in total. The molecular formula is C16H16N14O6. The number of anilines is 4. The van der Waals surface area contributed by atoms with E-state index in [4.69, 9.17) is 14.2 Å². The summed E-state index contributed by atoms with van der Waals surface area (Å²) in [4.78, 5) is 77.6. The Morgan fingerprint density at radius 3 is 1.50 bits per heavy atom. The fraction of sp³-hybridized carbons (Fsp3) is 0.250. The summed E-state index contributed by atoms with van der Waals surface area (Å²) in [6.45, 7) is 0. The van der Waals surface area contributed by atoms with Crippen LogP contribution in [0.3, 0.4) is 0 Å². The molecule has 4 aromatic rings. The van der Waals surface area contributed by atoms with Gasteiger partial charge >= 0.3 is 35.1 Å². The van der Waals surface area contributed by atoms with Crippen LogP contribution in [0.2, 0.25) is 0 Å². The monoisotopic (exact) mass is 500 g/mol. The Balaban J connectivity index is 1.73. The van der Waals surface area contributed by atoms with Gasteiger partial charge in [0.05, 0.1) is 27.8 Å². The van der Waals surface area contributed by atoms with Crippen LogP contribution in [0.4, 0.5) is 23.8 Å². The maximum atomic E-state index is 11.8. The molecule has 4 heterocycles. The predicted octanol–water partition coefficient (Wildman–Crippen LogP) is -2.59. The van der Waals surface area contributed by atoms with Crippen molar-refractivity contribution in [3.63, 3.8) is 0 Å². The number of aromatic amines is 3. The summed E-state index contributed by atoms with van der Waals surface area (Å²) in [5.74, 6) is -0.188. The Kier molecular flexibility index (Phi) is 6.65. The lowest BCUT2D eigenvalue weighted by molar-refractivity contribution is 0.373. The van der Waals surface area contributed by atoms with Crippen LogP contribution >= 0.6 is 0 Å². The first kappa shape index (κ1) is 23.6. The smallest absolute Gasteiger partial charge is 0.352 e. The Morgan fingerprint density at radius 1 is 0.583 bits per heavy atom. The summed E-state index contributed by atoms with van der Waals surface area (Å²) in [6, 6.07) is -0.564. The number of nitrogens with zero attached hydrogens (tertiary/aromatic N) is 9. The van der Waals surface area contributed by atoms with Gasteiger partial charge in [-0.2, -0.15) is 29.9 Å². The van der Waals surface area contributed by atoms with Crippen molar-refractivity contribution in [3.05, 3.63) is 43.1 Å². The fourth-order valence-electron chi connectivity index (χ4n) is 2.58. The van der Waals surface area contributed by atoms with Gasteiger partial charge in [-0.1, -0.05) is 0 Å². The molecule has 0 bridgehead atoms. The summed E-state index contributed by atoms with van der Waals surface area (Å²) >= 11 is 0. The summed E-state index contributed by atoms with van der Waals surface area (Å²) in [5, 5.41) is 5.38. The first-order valence-electron chi connectivity index (χ1n) is 9.68. The van der Waals surface area contributed by atoms with E-state index in [1.807, 2.05) is 0 Å². The molecule has 0 atom stereocenters. The maximum absolute atomic E-state index is 11.8. The zero-order valence-corrected chi connectivity index (χ0v) is 18.7. The van der Waals surface area contributed by atoms with Crippen molar-refractivity contribution in [2.75, 3.05) is 32.0 Å². The van der Waals surface area contributed by atoms with Crippen molar-refractivity contribution >= 4 is 23.8 Å². The molecule has 0 saturated heterocycles. The molecule has 0 unspecified atom stereocenters. The number of rotatable bonds is 9. The minimum atomic E-state index is -0.742. The first-order valence-corrected chi connectivity index (χ1v) is 9.68. The van der Waals surface area contributed by atoms with E-state index >= 15 is 0 Å². The molecule has 4 rings (SSSR count). The van der Waals surface area contributed by atoms with Crippen LogP contribution in [-0.4, -0.2) is 81.1 Å². The number of methoxy groups -OCH3 is 3. The fourth-order valence-corrected chi connectivity index (χ4v) is 2.58. The van der Waals surface area contributed by atoms with Crippen molar-refractivity contribution in [1.29, 1.82) is 0 Å². The van der Waals surface area contributed by atoms with Gasteiger partial charge in [0.2, 0.25) is 23.8 Å². The highest BCUT2D eigenvalue weighted by Gasteiger charge is 2.14. The van der Waals surface area contributed by atoms with Gasteiger partial charge in [-0.3, -0.25) is 25.6 Å². The second-order valence-corrected chi connectivity index (χ2v) is 6.39. The maximum Gasteiger partial charge on any atom is 0.352 e. The first-order chi connectivity index (χ1) is 17.3. The number of nitrogens with one attached hydrogen (secondary N) is 5. The molecule has 0 aromatic carbocycles. The summed E-state index contributed by atoms with van der Waals surface area (Å²) in [7, 11) is 3.88. The molecular weight excluding hydrogens is 484 g/mol. The third-order valence-corrected chi connectivity index (χ3v) is 3.95. The number of hydrogen-bond donors (Lipinski definition) is 5. The van der Waals surface area contributed by atoms with Crippen molar-refractivity contribution < 1.29 is 14.2 Å². The molecule has 0 aliphatic heterocycles. The van der Waals surface area contributed by atoms with Gasteiger partial charge in [0.15, 0.2) is 0 Å². The summed E-state index contributed by atoms with van der Waals surface area (Å²) < 4.78 is 14.7. The highest BCUT2D eigenvalue weighted by molar-refractivity contribution is 5.49. The van der Waals surface area contributed by atoms with Gasteiger partial charge in [-0.25, -0.2) is 14.4 Å². The lowest BCUT2D eigenvalue weighted by Crippen LogP contribution is -2.19. The van der Waals surface area contributed by atoms with Crippen LogP contribution in [0.15, 0.2) is 14.4 Å². The third kappa shape index (κ3) is 5.86. The topological polar surface area (TPSA) is 266 Å². The quantitative estimate of drug-likeness (QED) is 0.158. The summed E-state index contributed by atoms with van der Waals surface area (Å²) in [6.07, 6.45) is -0.104. The molecule has 0 aliphatic carbocycles. The van der Waals surface area contributed by atoms with Gasteiger partial charge in [0.1, 0.15) is 11.6 Å². The SMILES string of the molecule is COc1nc(Cc2nc(Nc3nc(OC)nc(=O)[nH]3)nc(Nc3nc(OC)nc(=O)[nH]3)n2)[nH]c(=O)n1.